The number of fused-ring (bicyclic) bond motifs is 1. The number of anilines is 3. The molecule has 0 saturated heterocycles. The van der Waals surface area contributed by atoms with Gasteiger partial charge in [0, 0.05) is 17.1 Å². The maximum Gasteiger partial charge on any atom is 0.269 e. The summed E-state index contributed by atoms with van der Waals surface area (Å²) in [5, 5.41) is 16.7. The van der Waals surface area contributed by atoms with Crippen LogP contribution in [0.5, 0.6) is 0 Å². The molecule has 4 aromatic rings. The van der Waals surface area contributed by atoms with Crippen molar-refractivity contribution in [3.05, 3.63) is 51.7 Å². The quantitative estimate of drug-likeness (QED) is 0.487. The number of nitrogens with zero attached hydrogens (tertiary/aromatic N) is 3. The Bertz CT molecular complexity index is 1190. The number of carbonyl (C=O) groups excluding carboxylic acids is 1. The largest absolute Gasteiger partial charge is 0.397 e. The van der Waals surface area contributed by atoms with Crippen LogP contribution in [-0.2, 0) is 0 Å². The van der Waals surface area contributed by atoms with Gasteiger partial charge in [0.2, 0.25) is 0 Å². The van der Waals surface area contributed by atoms with Crippen LogP contribution in [0.15, 0.2) is 41.2 Å². The number of nitrogens with one attached hydrogen (secondary N) is 1. The molecule has 0 unspecified atom stereocenters. The highest BCUT2D eigenvalue weighted by Gasteiger charge is 2.24. The van der Waals surface area contributed by atoms with Gasteiger partial charge in [0.15, 0.2) is 0 Å². The fraction of sp³-hybridized carbons (Fsp3) is 0. The summed E-state index contributed by atoms with van der Waals surface area (Å²) in [6.07, 6.45) is 1.58. The predicted molar refractivity (Wildman–Crippen MR) is 109 cm³/mol. The summed E-state index contributed by atoms with van der Waals surface area (Å²) >= 11 is 2.63. The first-order chi connectivity index (χ1) is 13.1. The first kappa shape index (κ1) is 17.0. The predicted octanol–water partition coefficient (Wildman–Crippen LogP) is 3.71. The van der Waals surface area contributed by atoms with Crippen LogP contribution in [0.3, 0.4) is 0 Å². The van der Waals surface area contributed by atoms with Gasteiger partial charge in [-0.2, -0.15) is 16.6 Å². The topological polar surface area (TPSA) is 131 Å². The Hall–Kier alpha value is -3.48. The molecule has 0 atom stereocenters. The van der Waals surface area contributed by atoms with Crippen LogP contribution in [0.1, 0.15) is 15.2 Å². The Morgan fingerprint density at radius 3 is 2.78 bits per heavy atom. The van der Waals surface area contributed by atoms with E-state index < -0.39 is 0 Å². The van der Waals surface area contributed by atoms with Gasteiger partial charge in [-0.3, -0.25) is 4.79 Å². The standard InChI is InChI=1S/C18H12N6OS2/c19-7-10-12(9-4-6-26-8-9)13-14(20)15(27-18(13)24-16(10)21)17(25)23-11-3-1-2-5-22-11/h1-6,8H,20H2,(H2,21,24)(H,22,23,25). The highest BCUT2D eigenvalue weighted by Crippen LogP contribution is 2.43. The monoisotopic (exact) mass is 392 g/mol. The van der Waals surface area contributed by atoms with E-state index in [2.05, 4.69) is 21.4 Å². The number of nitrogens with two attached hydrogens (primary N) is 2. The molecular weight excluding hydrogens is 380 g/mol. The van der Waals surface area contributed by atoms with E-state index in [9.17, 15) is 10.1 Å². The fourth-order valence-electron chi connectivity index (χ4n) is 2.76. The van der Waals surface area contributed by atoms with Crippen molar-refractivity contribution in [3.63, 3.8) is 0 Å². The van der Waals surface area contributed by atoms with E-state index in [1.54, 1.807) is 24.4 Å². The number of hydrogen-bond acceptors (Lipinski definition) is 8. The van der Waals surface area contributed by atoms with Crippen molar-refractivity contribution in [1.82, 2.24) is 9.97 Å². The van der Waals surface area contributed by atoms with Crippen molar-refractivity contribution < 1.29 is 4.79 Å². The van der Waals surface area contributed by atoms with Gasteiger partial charge in [-0.1, -0.05) is 6.07 Å². The van der Waals surface area contributed by atoms with Gasteiger partial charge in [0.25, 0.3) is 5.91 Å². The smallest absolute Gasteiger partial charge is 0.269 e. The summed E-state index contributed by atoms with van der Waals surface area (Å²) in [6.45, 7) is 0. The van der Waals surface area contributed by atoms with Gasteiger partial charge < -0.3 is 16.8 Å². The summed E-state index contributed by atoms with van der Waals surface area (Å²) in [5.41, 5.74) is 14.2. The molecule has 5 N–H and O–H groups in total. The lowest BCUT2D eigenvalue weighted by molar-refractivity contribution is 0.103. The van der Waals surface area contributed by atoms with Crippen LogP contribution in [-0.4, -0.2) is 15.9 Å². The maximum atomic E-state index is 12.7. The van der Waals surface area contributed by atoms with Gasteiger partial charge in [-0.25, -0.2) is 9.97 Å². The molecule has 0 aliphatic carbocycles. The fourth-order valence-corrected chi connectivity index (χ4v) is 4.41. The molecule has 0 bridgehead atoms. The normalized spacial score (nSPS) is 10.6. The van der Waals surface area contributed by atoms with Crippen molar-refractivity contribution in [1.29, 1.82) is 5.26 Å². The molecule has 4 heterocycles. The number of pyridine rings is 2. The second-order valence-corrected chi connectivity index (χ2v) is 7.34. The molecule has 0 aromatic carbocycles. The Kier molecular flexibility index (Phi) is 4.19. The van der Waals surface area contributed by atoms with Crippen molar-refractivity contribution in [3.8, 4) is 17.2 Å². The lowest BCUT2D eigenvalue weighted by atomic mass is 9.99. The Morgan fingerprint density at radius 2 is 2.11 bits per heavy atom. The first-order valence-electron chi connectivity index (χ1n) is 7.76. The number of aromatic nitrogens is 2. The van der Waals surface area contributed by atoms with Crippen LogP contribution in [0.25, 0.3) is 21.3 Å². The molecule has 7 nitrogen and oxygen atoms in total. The van der Waals surface area contributed by atoms with Gasteiger partial charge in [0.05, 0.1) is 5.69 Å². The number of amides is 1. The molecule has 4 aromatic heterocycles. The third-order valence-electron chi connectivity index (χ3n) is 3.94. The second-order valence-electron chi connectivity index (χ2n) is 5.56. The van der Waals surface area contributed by atoms with Crippen molar-refractivity contribution >= 4 is 56.1 Å². The average molecular weight is 392 g/mol. The van der Waals surface area contributed by atoms with Crippen LogP contribution in [0.2, 0.25) is 0 Å². The van der Waals surface area contributed by atoms with Gasteiger partial charge >= 0.3 is 0 Å². The molecule has 0 radical (unpaired) electrons. The van der Waals surface area contributed by atoms with Gasteiger partial charge in [-0.05, 0) is 34.5 Å². The lowest BCUT2D eigenvalue weighted by Gasteiger charge is -2.07. The highest BCUT2D eigenvalue weighted by molar-refractivity contribution is 7.21. The summed E-state index contributed by atoms with van der Waals surface area (Å²) in [5.74, 6) is 0.147. The summed E-state index contributed by atoms with van der Waals surface area (Å²) in [6, 6.07) is 9.20. The molecule has 4 rings (SSSR count). The molecule has 0 spiro atoms. The molecule has 0 fully saturated rings. The van der Waals surface area contributed by atoms with Crippen molar-refractivity contribution in [2.45, 2.75) is 0 Å². The van der Waals surface area contributed by atoms with Gasteiger partial charge in [0.1, 0.15) is 33.0 Å². The minimum atomic E-state index is -0.387. The number of hydrogen-bond donors (Lipinski definition) is 3. The van der Waals surface area contributed by atoms with Crippen LogP contribution in [0.4, 0.5) is 17.3 Å². The van der Waals surface area contributed by atoms with E-state index >= 15 is 0 Å². The van der Waals surface area contributed by atoms with E-state index in [1.165, 1.54) is 11.3 Å². The Labute approximate surface area is 161 Å². The maximum absolute atomic E-state index is 12.7. The molecule has 1 amide bonds. The second kappa shape index (κ2) is 6.68. The molecule has 0 aliphatic heterocycles. The lowest BCUT2D eigenvalue weighted by Crippen LogP contribution is -2.12. The summed E-state index contributed by atoms with van der Waals surface area (Å²) in [4.78, 5) is 21.9. The van der Waals surface area contributed by atoms with Crippen LogP contribution >= 0.6 is 22.7 Å². The number of nitriles is 1. The molecule has 0 aliphatic rings. The number of nitrogen functional groups attached to an aromatic ring is 2. The van der Waals surface area contributed by atoms with Crippen LogP contribution < -0.4 is 16.8 Å². The molecule has 132 valence electrons. The molecular formula is C18H12N6OS2. The highest BCUT2D eigenvalue weighted by atomic mass is 32.1. The van der Waals surface area contributed by atoms with E-state index in [4.69, 9.17) is 11.5 Å². The van der Waals surface area contributed by atoms with E-state index in [0.29, 0.717) is 26.5 Å². The third-order valence-corrected chi connectivity index (χ3v) is 5.72. The van der Waals surface area contributed by atoms with Gasteiger partial charge in [-0.15, -0.1) is 11.3 Å². The molecule has 9 heteroatoms. The minimum absolute atomic E-state index is 0.115. The number of thiophene rings is 2. The first-order valence-corrected chi connectivity index (χ1v) is 9.52. The Morgan fingerprint density at radius 1 is 1.26 bits per heavy atom. The van der Waals surface area contributed by atoms with Crippen molar-refractivity contribution in [2.75, 3.05) is 16.8 Å². The molecule has 27 heavy (non-hydrogen) atoms. The van der Waals surface area contributed by atoms with Crippen molar-refractivity contribution in [2.24, 2.45) is 0 Å². The summed E-state index contributed by atoms with van der Waals surface area (Å²) in [7, 11) is 0. The van der Waals surface area contributed by atoms with E-state index in [-0.39, 0.29) is 23.0 Å². The average Bonchev–Trinajstić information content (AvgIpc) is 3.30. The zero-order chi connectivity index (χ0) is 19.0. The molecule has 0 saturated carbocycles. The number of carbonyl (C=O) groups is 1. The minimum Gasteiger partial charge on any atom is -0.397 e. The van der Waals surface area contributed by atoms with Crippen LogP contribution in [0, 0.1) is 11.3 Å². The third kappa shape index (κ3) is 2.87. The number of rotatable bonds is 3. The SMILES string of the molecule is N#Cc1c(N)nc2sc(C(=O)Nc3ccccn3)c(N)c2c1-c1ccsc1. The zero-order valence-electron chi connectivity index (χ0n) is 13.8. The summed E-state index contributed by atoms with van der Waals surface area (Å²) < 4.78 is 0. The van der Waals surface area contributed by atoms with E-state index in [0.717, 1.165) is 16.9 Å². The van der Waals surface area contributed by atoms with E-state index in [1.807, 2.05) is 16.8 Å². The zero-order valence-corrected chi connectivity index (χ0v) is 15.4. The Balaban J connectivity index is 1.91.